The molecular formula is C15H25BrN2O. The second-order valence-corrected chi connectivity index (χ2v) is 6.76. The van der Waals surface area contributed by atoms with Crippen LogP contribution >= 0.6 is 15.9 Å². The van der Waals surface area contributed by atoms with Gasteiger partial charge in [0.15, 0.2) is 0 Å². The minimum atomic E-state index is 0.0441. The Hall–Kier alpha value is -0.420. The monoisotopic (exact) mass is 328 g/mol. The van der Waals surface area contributed by atoms with Gasteiger partial charge in [-0.2, -0.15) is 0 Å². The topological polar surface area (TPSA) is 47.3 Å². The molecule has 2 atom stereocenters. The lowest BCUT2D eigenvalue weighted by molar-refractivity contribution is -0.0356. The highest BCUT2D eigenvalue weighted by Gasteiger charge is 2.32. The van der Waals surface area contributed by atoms with Crippen molar-refractivity contribution in [2.75, 3.05) is 6.61 Å². The Balaban J connectivity index is 2.82. The van der Waals surface area contributed by atoms with E-state index >= 15 is 0 Å². The average molecular weight is 329 g/mol. The zero-order valence-corrected chi connectivity index (χ0v) is 13.8. The fourth-order valence-corrected chi connectivity index (χ4v) is 2.54. The number of hydrazine groups is 1. The molecule has 2 unspecified atom stereocenters. The summed E-state index contributed by atoms with van der Waals surface area (Å²) in [5.74, 6) is 5.74. The number of hydrogen-bond donors (Lipinski definition) is 2. The van der Waals surface area contributed by atoms with Gasteiger partial charge in [0.25, 0.3) is 0 Å². The van der Waals surface area contributed by atoms with E-state index in [9.17, 15) is 0 Å². The smallest absolute Gasteiger partial charge is 0.0792 e. The first-order valence-corrected chi connectivity index (χ1v) is 7.50. The summed E-state index contributed by atoms with van der Waals surface area (Å²) in [6, 6.07) is 8.42. The van der Waals surface area contributed by atoms with Gasteiger partial charge in [-0.15, -0.1) is 0 Å². The molecule has 3 nitrogen and oxygen atoms in total. The van der Waals surface area contributed by atoms with E-state index < -0.39 is 0 Å². The van der Waals surface area contributed by atoms with E-state index in [1.807, 2.05) is 6.92 Å². The lowest BCUT2D eigenvalue weighted by atomic mass is 9.82. The van der Waals surface area contributed by atoms with Gasteiger partial charge in [-0.05, 0) is 36.5 Å². The van der Waals surface area contributed by atoms with Crippen LogP contribution < -0.4 is 11.3 Å². The molecule has 0 aromatic heterocycles. The molecule has 4 heteroatoms. The third kappa shape index (κ3) is 5.22. The van der Waals surface area contributed by atoms with Crippen molar-refractivity contribution in [3.05, 3.63) is 34.3 Å². The minimum absolute atomic E-state index is 0.0441. The highest BCUT2D eigenvalue weighted by Crippen LogP contribution is 2.26. The lowest BCUT2D eigenvalue weighted by Crippen LogP contribution is -2.52. The standard InChI is InChI=1S/C15H25BrN2O/c1-5-19-14(15(2,3)4)13(18-17)10-11-6-8-12(16)9-7-11/h6-9,13-14,18H,5,10,17H2,1-4H3. The van der Waals surface area contributed by atoms with E-state index in [1.54, 1.807) is 0 Å². The molecule has 3 N–H and O–H groups in total. The molecule has 0 aliphatic heterocycles. The fraction of sp³-hybridized carbons (Fsp3) is 0.600. The maximum atomic E-state index is 5.90. The van der Waals surface area contributed by atoms with Gasteiger partial charge in [0.2, 0.25) is 0 Å². The van der Waals surface area contributed by atoms with Crippen molar-refractivity contribution in [1.29, 1.82) is 0 Å². The molecule has 19 heavy (non-hydrogen) atoms. The zero-order chi connectivity index (χ0) is 14.5. The number of halogens is 1. The molecule has 0 bridgehead atoms. The third-order valence-corrected chi connectivity index (χ3v) is 3.68. The summed E-state index contributed by atoms with van der Waals surface area (Å²) in [4.78, 5) is 0. The second kappa shape index (κ2) is 7.39. The first kappa shape index (κ1) is 16.6. The van der Waals surface area contributed by atoms with Gasteiger partial charge in [0.05, 0.1) is 12.1 Å². The molecule has 0 saturated heterocycles. The fourth-order valence-electron chi connectivity index (χ4n) is 2.28. The molecule has 1 aromatic rings. The van der Waals surface area contributed by atoms with Crippen LogP contribution in [0.1, 0.15) is 33.3 Å². The van der Waals surface area contributed by atoms with Gasteiger partial charge >= 0.3 is 0 Å². The highest BCUT2D eigenvalue weighted by molar-refractivity contribution is 9.10. The summed E-state index contributed by atoms with van der Waals surface area (Å²) in [5, 5.41) is 0. The van der Waals surface area contributed by atoms with Crippen molar-refractivity contribution in [2.24, 2.45) is 11.3 Å². The number of nitrogens with two attached hydrogens (primary N) is 1. The van der Waals surface area contributed by atoms with Crippen molar-refractivity contribution >= 4 is 15.9 Å². The number of nitrogens with one attached hydrogen (secondary N) is 1. The van der Waals surface area contributed by atoms with E-state index in [4.69, 9.17) is 10.6 Å². The summed E-state index contributed by atoms with van der Waals surface area (Å²) in [7, 11) is 0. The van der Waals surface area contributed by atoms with Gasteiger partial charge in [-0.3, -0.25) is 11.3 Å². The Morgan fingerprint density at radius 2 is 1.84 bits per heavy atom. The summed E-state index contributed by atoms with van der Waals surface area (Å²) in [6.45, 7) is 9.25. The first-order chi connectivity index (χ1) is 8.88. The van der Waals surface area contributed by atoms with Gasteiger partial charge in [-0.25, -0.2) is 0 Å². The Morgan fingerprint density at radius 1 is 1.26 bits per heavy atom. The normalized spacial score (nSPS) is 15.3. The second-order valence-electron chi connectivity index (χ2n) is 5.85. The van der Waals surface area contributed by atoms with Crippen molar-refractivity contribution in [3.8, 4) is 0 Å². The molecule has 0 heterocycles. The van der Waals surface area contributed by atoms with E-state index in [-0.39, 0.29) is 17.6 Å². The quantitative estimate of drug-likeness (QED) is 0.622. The minimum Gasteiger partial charge on any atom is -0.376 e. The Kier molecular flexibility index (Phi) is 6.47. The number of benzene rings is 1. The number of rotatable bonds is 6. The zero-order valence-electron chi connectivity index (χ0n) is 12.2. The van der Waals surface area contributed by atoms with Crippen LogP contribution in [0.5, 0.6) is 0 Å². The number of hydrogen-bond acceptors (Lipinski definition) is 3. The van der Waals surface area contributed by atoms with Crippen LogP contribution in [0.3, 0.4) is 0 Å². The molecule has 1 rings (SSSR count). The van der Waals surface area contributed by atoms with Gasteiger partial charge in [0, 0.05) is 11.1 Å². The molecular weight excluding hydrogens is 304 g/mol. The van der Waals surface area contributed by atoms with Crippen LogP contribution in [-0.2, 0) is 11.2 Å². The van der Waals surface area contributed by atoms with Crippen molar-refractivity contribution in [2.45, 2.75) is 46.3 Å². The molecule has 1 aromatic carbocycles. The van der Waals surface area contributed by atoms with Crippen molar-refractivity contribution in [3.63, 3.8) is 0 Å². The molecule has 0 amide bonds. The van der Waals surface area contributed by atoms with Crippen molar-refractivity contribution in [1.82, 2.24) is 5.43 Å². The lowest BCUT2D eigenvalue weighted by Gasteiger charge is -2.36. The summed E-state index contributed by atoms with van der Waals surface area (Å²) in [6.07, 6.45) is 0.928. The molecule has 0 saturated carbocycles. The van der Waals surface area contributed by atoms with E-state index in [2.05, 4.69) is 66.4 Å². The molecule has 108 valence electrons. The summed E-state index contributed by atoms with van der Waals surface area (Å²) in [5.41, 5.74) is 4.21. The molecule has 0 spiro atoms. The van der Waals surface area contributed by atoms with E-state index in [1.165, 1.54) is 5.56 Å². The maximum absolute atomic E-state index is 5.90. The van der Waals surface area contributed by atoms with Gasteiger partial charge in [0.1, 0.15) is 0 Å². The first-order valence-electron chi connectivity index (χ1n) is 6.70. The van der Waals surface area contributed by atoms with Crippen LogP contribution in [-0.4, -0.2) is 18.8 Å². The molecule has 0 aliphatic rings. The summed E-state index contributed by atoms with van der Waals surface area (Å²) >= 11 is 3.45. The van der Waals surface area contributed by atoms with Crippen LogP contribution in [0.25, 0.3) is 0 Å². The largest absolute Gasteiger partial charge is 0.376 e. The van der Waals surface area contributed by atoms with E-state index in [0.717, 1.165) is 10.9 Å². The van der Waals surface area contributed by atoms with Crippen molar-refractivity contribution < 1.29 is 4.74 Å². The van der Waals surface area contributed by atoms with Crippen LogP contribution in [0.2, 0.25) is 0 Å². The Morgan fingerprint density at radius 3 is 2.26 bits per heavy atom. The Labute approximate surface area is 125 Å². The highest BCUT2D eigenvalue weighted by atomic mass is 79.9. The third-order valence-electron chi connectivity index (χ3n) is 3.15. The van der Waals surface area contributed by atoms with Crippen LogP contribution in [0, 0.1) is 5.41 Å². The SMILES string of the molecule is CCOC(C(Cc1ccc(Br)cc1)NN)C(C)(C)C. The van der Waals surface area contributed by atoms with Gasteiger partial charge < -0.3 is 4.74 Å². The van der Waals surface area contributed by atoms with Gasteiger partial charge in [-0.1, -0.05) is 48.8 Å². The number of ether oxygens (including phenoxy) is 1. The molecule has 0 aliphatic carbocycles. The molecule has 0 fully saturated rings. The average Bonchev–Trinajstić information content (AvgIpc) is 2.34. The molecule has 0 radical (unpaired) electrons. The summed E-state index contributed by atoms with van der Waals surface area (Å²) < 4.78 is 6.99. The van der Waals surface area contributed by atoms with Crippen LogP contribution in [0.4, 0.5) is 0 Å². The predicted molar refractivity (Wildman–Crippen MR) is 83.8 cm³/mol. The van der Waals surface area contributed by atoms with Crippen LogP contribution in [0.15, 0.2) is 28.7 Å². The van der Waals surface area contributed by atoms with E-state index in [0.29, 0.717) is 6.61 Å². The predicted octanol–water partition coefficient (Wildman–Crippen LogP) is 3.27. The Bertz CT molecular complexity index is 373. The maximum Gasteiger partial charge on any atom is 0.0792 e.